The van der Waals surface area contributed by atoms with Crippen molar-refractivity contribution in [2.45, 2.75) is 38.0 Å². The van der Waals surface area contributed by atoms with Crippen LogP contribution in [-0.4, -0.2) is 30.3 Å². The molecule has 0 spiro atoms. The molecule has 0 heterocycles. The zero-order valence-electron chi connectivity index (χ0n) is 9.15. The Kier molecular flexibility index (Phi) is 4.48. The van der Waals surface area contributed by atoms with Crippen LogP contribution in [0.25, 0.3) is 0 Å². The molecule has 0 aromatic heterocycles. The third kappa shape index (κ3) is 4.01. The average Bonchev–Trinajstić information content (AvgIpc) is 2.00. The number of hydrogen-bond donors (Lipinski definition) is 2. The van der Waals surface area contributed by atoms with Gasteiger partial charge in [0.2, 0.25) is 10.0 Å². The Labute approximate surface area is 90.2 Å². The summed E-state index contributed by atoms with van der Waals surface area (Å²) in [5.74, 6) is -1.21. The summed E-state index contributed by atoms with van der Waals surface area (Å²) in [6.07, 6.45) is 1.43. The van der Waals surface area contributed by atoms with Gasteiger partial charge < -0.3 is 5.11 Å². The number of carboxylic acid groups (broad SMARTS) is 1. The molecule has 1 unspecified atom stereocenters. The highest BCUT2D eigenvalue weighted by Crippen LogP contribution is 2.14. The number of aliphatic carboxylic acids is 1. The minimum absolute atomic E-state index is 0.0602. The minimum atomic E-state index is -3.64. The normalized spacial score (nSPS) is 14.6. The van der Waals surface area contributed by atoms with Crippen LogP contribution in [-0.2, 0) is 14.8 Å². The van der Waals surface area contributed by atoms with Crippen molar-refractivity contribution in [2.75, 3.05) is 0 Å². The van der Waals surface area contributed by atoms with Crippen molar-refractivity contribution >= 4 is 16.0 Å². The molecule has 0 saturated carbocycles. The van der Waals surface area contributed by atoms with Crippen molar-refractivity contribution in [2.24, 2.45) is 0 Å². The molecule has 0 fully saturated rings. The van der Waals surface area contributed by atoms with E-state index in [1.54, 1.807) is 0 Å². The summed E-state index contributed by atoms with van der Waals surface area (Å²) < 4.78 is 24.4. The van der Waals surface area contributed by atoms with Crippen molar-refractivity contribution < 1.29 is 18.3 Å². The van der Waals surface area contributed by atoms with E-state index in [4.69, 9.17) is 5.11 Å². The van der Waals surface area contributed by atoms with Crippen molar-refractivity contribution in [3.63, 3.8) is 0 Å². The fraction of sp³-hybridized carbons (Fsp3) is 0.667. The molecule has 0 aromatic carbocycles. The molecule has 0 radical (unpaired) electrons. The molecule has 0 bridgehead atoms. The topological polar surface area (TPSA) is 83.5 Å². The summed E-state index contributed by atoms with van der Waals surface area (Å²) in [7, 11) is -3.64. The van der Waals surface area contributed by atoms with Crippen LogP contribution in [0.15, 0.2) is 12.7 Å². The van der Waals surface area contributed by atoms with E-state index < -0.39 is 26.8 Å². The molecule has 88 valence electrons. The zero-order chi connectivity index (χ0) is 12.3. The van der Waals surface area contributed by atoms with E-state index in [9.17, 15) is 13.2 Å². The van der Waals surface area contributed by atoms with Gasteiger partial charge in [-0.3, -0.25) is 4.79 Å². The number of carbonyl (C=O) groups is 1. The van der Waals surface area contributed by atoms with Gasteiger partial charge in [-0.2, -0.15) is 0 Å². The molecule has 15 heavy (non-hydrogen) atoms. The van der Waals surface area contributed by atoms with Gasteiger partial charge in [-0.25, -0.2) is 13.1 Å². The predicted molar refractivity (Wildman–Crippen MR) is 58.0 cm³/mol. The van der Waals surface area contributed by atoms with Crippen LogP contribution in [0.4, 0.5) is 0 Å². The highest BCUT2D eigenvalue weighted by atomic mass is 32.2. The Morgan fingerprint density at radius 2 is 2.00 bits per heavy atom. The SMILES string of the molecule is C=CCC(NS(=O)(=O)C(C)(C)C)C(=O)O. The lowest BCUT2D eigenvalue weighted by Crippen LogP contribution is -2.47. The van der Waals surface area contributed by atoms with Crippen LogP contribution in [0.5, 0.6) is 0 Å². The van der Waals surface area contributed by atoms with E-state index >= 15 is 0 Å². The fourth-order valence-corrected chi connectivity index (χ4v) is 1.66. The Morgan fingerprint density at radius 3 is 2.27 bits per heavy atom. The van der Waals surface area contributed by atoms with Gasteiger partial charge in [-0.1, -0.05) is 6.08 Å². The first-order valence-electron chi connectivity index (χ1n) is 4.47. The van der Waals surface area contributed by atoms with Gasteiger partial charge in [-0.05, 0) is 27.2 Å². The second kappa shape index (κ2) is 4.76. The van der Waals surface area contributed by atoms with E-state index in [-0.39, 0.29) is 6.42 Å². The Balaban J connectivity index is 4.83. The molecule has 0 saturated heterocycles. The van der Waals surface area contributed by atoms with E-state index in [0.717, 1.165) is 0 Å². The van der Waals surface area contributed by atoms with E-state index in [1.807, 2.05) is 0 Å². The molecule has 0 aliphatic carbocycles. The van der Waals surface area contributed by atoms with Crippen LogP contribution >= 0.6 is 0 Å². The second-order valence-corrected chi connectivity index (χ2v) is 6.62. The largest absolute Gasteiger partial charge is 0.480 e. The number of sulfonamides is 1. The van der Waals surface area contributed by atoms with Crippen LogP contribution in [0, 0.1) is 0 Å². The Hall–Kier alpha value is -0.880. The predicted octanol–water partition coefficient (Wildman–Crippen LogP) is 0.734. The van der Waals surface area contributed by atoms with Crippen molar-refractivity contribution in [3.8, 4) is 0 Å². The quantitative estimate of drug-likeness (QED) is 0.688. The summed E-state index contributed by atoms with van der Waals surface area (Å²) >= 11 is 0. The monoisotopic (exact) mass is 235 g/mol. The molecule has 0 aliphatic heterocycles. The number of nitrogens with one attached hydrogen (secondary N) is 1. The van der Waals surface area contributed by atoms with Gasteiger partial charge in [0.15, 0.2) is 0 Å². The van der Waals surface area contributed by atoms with Crippen molar-refractivity contribution in [3.05, 3.63) is 12.7 Å². The molecule has 6 heteroatoms. The van der Waals surface area contributed by atoms with E-state index in [2.05, 4.69) is 11.3 Å². The molecule has 0 aromatic rings. The Bertz CT molecular complexity index is 340. The van der Waals surface area contributed by atoms with Gasteiger partial charge in [-0.15, -0.1) is 6.58 Å². The third-order valence-electron chi connectivity index (χ3n) is 1.80. The van der Waals surface area contributed by atoms with E-state index in [1.165, 1.54) is 26.8 Å². The zero-order valence-corrected chi connectivity index (χ0v) is 9.97. The first-order valence-corrected chi connectivity index (χ1v) is 5.95. The highest BCUT2D eigenvalue weighted by molar-refractivity contribution is 7.90. The molecule has 2 N–H and O–H groups in total. The average molecular weight is 235 g/mol. The van der Waals surface area contributed by atoms with Gasteiger partial charge in [0, 0.05) is 0 Å². The summed E-state index contributed by atoms with van der Waals surface area (Å²) in [5.41, 5.74) is 0. The maximum atomic E-state index is 11.6. The summed E-state index contributed by atoms with van der Waals surface area (Å²) in [6, 6.07) is -1.15. The molecular weight excluding hydrogens is 218 g/mol. The maximum Gasteiger partial charge on any atom is 0.322 e. The van der Waals surface area contributed by atoms with Crippen LogP contribution in [0.2, 0.25) is 0 Å². The lowest BCUT2D eigenvalue weighted by molar-refractivity contribution is -0.138. The molecule has 0 rings (SSSR count). The van der Waals surface area contributed by atoms with Gasteiger partial charge in [0.25, 0.3) is 0 Å². The summed E-state index contributed by atoms with van der Waals surface area (Å²) in [4.78, 5) is 10.7. The summed E-state index contributed by atoms with van der Waals surface area (Å²) in [5, 5.41) is 8.76. The van der Waals surface area contributed by atoms with Crippen LogP contribution in [0.1, 0.15) is 27.2 Å². The molecule has 0 aliphatic rings. The summed E-state index contributed by atoms with van der Waals surface area (Å²) in [6.45, 7) is 7.88. The number of rotatable bonds is 5. The smallest absolute Gasteiger partial charge is 0.322 e. The van der Waals surface area contributed by atoms with Gasteiger partial charge >= 0.3 is 5.97 Å². The first-order chi connectivity index (χ1) is 6.62. The highest BCUT2D eigenvalue weighted by Gasteiger charge is 2.32. The fourth-order valence-electron chi connectivity index (χ4n) is 0.730. The van der Waals surface area contributed by atoms with Crippen molar-refractivity contribution in [1.29, 1.82) is 0 Å². The van der Waals surface area contributed by atoms with E-state index in [0.29, 0.717) is 0 Å². The number of hydrogen-bond acceptors (Lipinski definition) is 3. The molecular formula is C9H17NO4S. The van der Waals surface area contributed by atoms with Crippen LogP contribution < -0.4 is 4.72 Å². The molecule has 0 amide bonds. The number of carboxylic acids is 1. The third-order valence-corrected chi connectivity index (χ3v) is 4.01. The first kappa shape index (κ1) is 14.1. The Morgan fingerprint density at radius 1 is 1.53 bits per heavy atom. The van der Waals surface area contributed by atoms with Crippen LogP contribution in [0.3, 0.4) is 0 Å². The second-order valence-electron chi connectivity index (χ2n) is 4.15. The molecule has 5 nitrogen and oxygen atoms in total. The minimum Gasteiger partial charge on any atom is -0.480 e. The maximum absolute atomic E-state index is 11.6. The molecule has 1 atom stereocenters. The van der Waals surface area contributed by atoms with Crippen molar-refractivity contribution in [1.82, 2.24) is 4.72 Å². The lowest BCUT2D eigenvalue weighted by atomic mass is 10.2. The standard InChI is InChI=1S/C9H17NO4S/c1-5-6-7(8(11)12)10-15(13,14)9(2,3)4/h5,7,10H,1,6H2,2-4H3,(H,11,12). The van der Waals surface area contributed by atoms with Gasteiger partial charge in [0.05, 0.1) is 4.75 Å². The lowest BCUT2D eigenvalue weighted by Gasteiger charge is -2.22. The van der Waals surface area contributed by atoms with Gasteiger partial charge in [0.1, 0.15) is 6.04 Å².